The Kier molecular flexibility index (Phi) is 4.47. The lowest BCUT2D eigenvalue weighted by Gasteiger charge is -2.26. The van der Waals surface area contributed by atoms with Crippen molar-refractivity contribution in [3.63, 3.8) is 0 Å². The van der Waals surface area contributed by atoms with Crippen molar-refractivity contribution in [3.05, 3.63) is 35.4 Å². The number of Topliss-reactive ketones (excluding diaryl/α,β-unsaturated/α-hetero) is 1. The number of ether oxygens (including phenoxy) is 1. The van der Waals surface area contributed by atoms with Gasteiger partial charge in [-0.25, -0.2) is 8.78 Å². The molecule has 0 spiro atoms. The fourth-order valence-corrected chi connectivity index (χ4v) is 2.66. The molecule has 0 aromatic heterocycles. The number of halogens is 2. The van der Waals surface area contributed by atoms with Crippen LogP contribution in [-0.2, 0) is 9.53 Å². The molecule has 0 saturated heterocycles. The maximum Gasteiger partial charge on any atom is 0.308 e. The predicted octanol–water partition coefficient (Wildman–Crippen LogP) is 3.13. The molecule has 1 saturated carbocycles. The molecule has 3 nitrogen and oxygen atoms in total. The van der Waals surface area contributed by atoms with E-state index in [9.17, 15) is 18.4 Å². The van der Waals surface area contributed by atoms with E-state index in [1.807, 2.05) is 0 Å². The van der Waals surface area contributed by atoms with Gasteiger partial charge in [-0.15, -0.1) is 0 Å². The summed E-state index contributed by atoms with van der Waals surface area (Å²) in [5.74, 6) is -2.53. The highest BCUT2D eigenvalue weighted by Crippen LogP contribution is 2.32. The summed E-state index contributed by atoms with van der Waals surface area (Å²) in [5, 5.41) is 0. The van der Waals surface area contributed by atoms with Crippen LogP contribution in [-0.4, -0.2) is 18.9 Å². The molecule has 0 aliphatic heterocycles. The van der Waals surface area contributed by atoms with Gasteiger partial charge in [0.2, 0.25) is 0 Å². The molecule has 1 aromatic carbocycles. The van der Waals surface area contributed by atoms with Crippen LogP contribution in [0.15, 0.2) is 18.2 Å². The highest BCUT2D eigenvalue weighted by molar-refractivity contribution is 5.98. The molecule has 5 heteroatoms. The van der Waals surface area contributed by atoms with E-state index in [1.165, 1.54) is 7.11 Å². The average molecular weight is 282 g/mol. The first-order chi connectivity index (χ1) is 9.52. The standard InChI is InChI=1S/C15H16F2O3/c1-20-15(19)10-4-2-9(3-5-10)14(18)12-8-11(16)6-7-13(12)17/h6-10H,2-5H2,1H3. The highest BCUT2D eigenvalue weighted by Gasteiger charge is 2.31. The van der Waals surface area contributed by atoms with E-state index in [0.29, 0.717) is 25.7 Å². The third-order valence-corrected chi connectivity index (χ3v) is 3.83. The van der Waals surface area contributed by atoms with Crippen LogP contribution in [0.3, 0.4) is 0 Å². The van der Waals surface area contributed by atoms with Gasteiger partial charge < -0.3 is 4.74 Å². The van der Waals surface area contributed by atoms with E-state index in [4.69, 9.17) is 0 Å². The minimum absolute atomic E-state index is 0.193. The summed E-state index contributed by atoms with van der Waals surface area (Å²) in [7, 11) is 1.34. The van der Waals surface area contributed by atoms with Gasteiger partial charge in [-0.2, -0.15) is 0 Å². The molecule has 2 rings (SSSR count). The molecule has 1 aromatic rings. The Morgan fingerprint density at radius 2 is 1.70 bits per heavy atom. The second-order valence-corrected chi connectivity index (χ2v) is 5.06. The van der Waals surface area contributed by atoms with Gasteiger partial charge in [0.1, 0.15) is 11.6 Å². The lowest BCUT2D eigenvalue weighted by atomic mass is 9.78. The number of hydrogen-bond donors (Lipinski definition) is 0. The van der Waals surface area contributed by atoms with E-state index in [1.54, 1.807) is 0 Å². The van der Waals surface area contributed by atoms with Crippen LogP contribution >= 0.6 is 0 Å². The van der Waals surface area contributed by atoms with Gasteiger partial charge in [-0.05, 0) is 43.9 Å². The number of methoxy groups -OCH3 is 1. The van der Waals surface area contributed by atoms with E-state index < -0.39 is 11.6 Å². The maximum atomic E-state index is 13.6. The Bertz CT molecular complexity index is 520. The molecule has 0 unspecified atom stereocenters. The van der Waals surface area contributed by atoms with Crippen LogP contribution in [0.4, 0.5) is 8.78 Å². The summed E-state index contributed by atoms with van der Waals surface area (Å²) in [6, 6.07) is 2.88. The quantitative estimate of drug-likeness (QED) is 0.632. The topological polar surface area (TPSA) is 43.4 Å². The molecule has 20 heavy (non-hydrogen) atoms. The van der Waals surface area contributed by atoms with Gasteiger partial charge in [0.15, 0.2) is 5.78 Å². The zero-order chi connectivity index (χ0) is 14.7. The molecule has 0 atom stereocenters. The molecule has 0 heterocycles. The molecular weight excluding hydrogens is 266 g/mol. The van der Waals surface area contributed by atoms with Gasteiger partial charge >= 0.3 is 5.97 Å². The second kappa shape index (κ2) is 6.11. The average Bonchev–Trinajstić information content (AvgIpc) is 2.48. The van der Waals surface area contributed by atoms with Crippen molar-refractivity contribution in [2.24, 2.45) is 11.8 Å². The van der Waals surface area contributed by atoms with E-state index in [2.05, 4.69) is 4.74 Å². The first kappa shape index (κ1) is 14.6. The predicted molar refractivity (Wildman–Crippen MR) is 68.2 cm³/mol. The zero-order valence-corrected chi connectivity index (χ0v) is 11.2. The minimum Gasteiger partial charge on any atom is -0.469 e. The summed E-state index contributed by atoms with van der Waals surface area (Å²) in [6.45, 7) is 0. The monoisotopic (exact) mass is 282 g/mol. The first-order valence-electron chi connectivity index (χ1n) is 6.60. The van der Waals surface area contributed by atoms with Crippen molar-refractivity contribution in [2.75, 3.05) is 7.11 Å². The Balaban J connectivity index is 2.05. The molecule has 0 N–H and O–H groups in total. The highest BCUT2D eigenvalue weighted by atomic mass is 19.1. The van der Waals surface area contributed by atoms with Crippen LogP contribution in [0, 0.1) is 23.5 Å². The van der Waals surface area contributed by atoms with Crippen LogP contribution < -0.4 is 0 Å². The van der Waals surface area contributed by atoms with Crippen molar-refractivity contribution in [1.29, 1.82) is 0 Å². The number of carbonyl (C=O) groups excluding carboxylic acids is 2. The number of benzene rings is 1. The molecule has 1 fully saturated rings. The molecular formula is C15H16F2O3. The van der Waals surface area contributed by atoms with Crippen molar-refractivity contribution >= 4 is 11.8 Å². The van der Waals surface area contributed by atoms with Gasteiger partial charge in [0.05, 0.1) is 18.6 Å². The van der Waals surface area contributed by atoms with Crippen molar-refractivity contribution in [2.45, 2.75) is 25.7 Å². The van der Waals surface area contributed by atoms with Gasteiger partial charge in [0.25, 0.3) is 0 Å². The minimum atomic E-state index is -0.702. The zero-order valence-electron chi connectivity index (χ0n) is 11.2. The van der Waals surface area contributed by atoms with E-state index >= 15 is 0 Å². The largest absolute Gasteiger partial charge is 0.469 e. The lowest BCUT2D eigenvalue weighted by Crippen LogP contribution is -2.27. The SMILES string of the molecule is COC(=O)C1CCC(C(=O)c2cc(F)ccc2F)CC1. The summed E-state index contributed by atoms with van der Waals surface area (Å²) in [4.78, 5) is 23.6. The molecule has 1 aliphatic carbocycles. The third kappa shape index (κ3) is 3.03. The number of esters is 1. The van der Waals surface area contributed by atoms with Gasteiger partial charge in [-0.1, -0.05) is 0 Å². The molecule has 0 radical (unpaired) electrons. The Hall–Kier alpha value is -1.78. The number of rotatable bonds is 3. The molecule has 0 bridgehead atoms. The van der Waals surface area contributed by atoms with Crippen molar-refractivity contribution in [1.82, 2.24) is 0 Å². The number of ketones is 1. The van der Waals surface area contributed by atoms with Crippen LogP contribution in [0.2, 0.25) is 0 Å². The van der Waals surface area contributed by atoms with Crippen LogP contribution in [0.1, 0.15) is 36.0 Å². The summed E-state index contributed by atoms with van der Waals surface area (Å²) >= 11 is 0. The van der Waals surface area contributed by atoms with Crippen molar-refractivity contribution < 1.29 is 23.1 Å². The summed E-state index contributed by atoms with van der Waals surface area (Å²) < 4.78 is 31.4. The molecule has 108 valence electrons. The third-order valence-electron chi connectivity index (χ3n) is 3.83. The number of hydrogen-bond acceptors (Lipinski definition) is 3. The molecule has 1 aliphatic rings. The van der Waals surface area contributed by atoms with E-state index in [-0.39, 0.29) is 29.2 Å². The smallest absolute Gasteiger partial charge is 0.308 e. The number of carbonyl (C=O) groups is 2. The first-order valence-corrected chi connectivity index (χ1v) is 6.60. The summed E-state index contributed by atoms with van der Waals surface area (Å²) in [5.41, 5.74) is -0.202. The van der Waals surface area contributed by atoms with Crippen LogP contribution in [0.5, 0.6) is 0 Å². The van der Waals surface area contributed by atoms with Gasteiger partial charge in [-0.3, -0.25) is 9.59 Å². The Labute approximate surface area is 115 Å². The lowest BCUT2D eigenvalue weighted by molar-refractivity contribution is -0.146. The van der Waals surface area contributed by atoms with Gasteiger partial charge in [0, 0.05) is 5.92 Å². The summed E-state index contributed by atoms with van der Waals surface area (Å²) in [6.07, 6.45) is 2.07. The second-order valence-electron chi connectivity index (χ2n) is 5.06. The Morgan fingerprint density at radius 1 is 1.10 bits per heavy atom. The molecule has 0 amide bonds. The fraction of sp³-hybridized carbons (Fsp3) is 0.467. The normalized spacial score (nSPS) is 22.4. The van der Waals surface area contributed by atoms with Crippen molar-refractivity contribution in [3.8, 4) is 0 Å². The van der Waals surface area contributed by atoms with E-state index in [0.717, 1.165) is 18.2 Å². The van der Waals surface area contributed by atoms with Crippen LogP contribution in [0.25, 0.3) is 0 Å². The maximum absolute atomic E-state index is 13.6. The Morgan fingerprint density at radius 3 is 2.30 bits per heavy atom. The fourth-order valence-electron chi connectivity index (χ4n) is 2.66.